The van der Waals surface area contributed by atoms with Crippen LogP contribution in [0.5, 0.6) is 17.2 Å². The highest BCUT2D eigenvalue weighted by Crippen LogP contribution is 2.39. The molecule has 184 valence electrons. The molecule has 2 aliphatic rings. The fourth-order valence-electron chi connectivity index (χ4n) is 4.36. The van der Waals surface area contributed by atoms with Crippen molar-refractivity contribution in [1.82, 2.24) is 4.90 Å². The molecular weight excluding hydrogens is 438 g/mol. The molecule has 1 unspecified atom stereocenters. The molecule has 4 rings (SSSR count). The zero-order chi connectivity index (χ0) is 23.9. The quantitative estimate of drug-likeness (QED) is 0.479. The van der Waals surface area contributed by atoms with Crippen molar-refractivity contribution in [3.63, 3.8) is 0 Å². The van der Waals surface area contributed by atoms with Crippen molar-refractivity contribution in [2.75, 3.05) is 69.9 Å². The monoisotopic (exact) mass is 471 g/mol. The van der Waals surface area contributed by atoms with Gasteiger partial charge in [0.2, 0.25) is 5.91 Å². The zero-order valence-electron chi connectivity index (χ0n) is 19.5. The molecule has 0 aromatic heterocycles. The van der Waals surface area contributed by atoms with Crippen LogP contribution in [0.4, 0.5) is 11.4 Å². The molecule has 1 saturated heterocycles. The third kappa shape index (κ3) is 5.91. The van der Waals surface area contributed by atoms with Gasteiger partial charge in [0, 0.05) is 50.4 Å². The minimum Gasteiger partial charge on any atom is -0.497 e. The number of methoxy groups -OCH3 is 1. The summed E-state index contributed by atoms with van der Waals surface area (Å²) in [5.41, 5.74) is 2.62. The highest BCUT2D eigenvalue weighted by Gasteiger charge is 2.24. The lowest BCUT2D eigenvalue weighted by atomic mass is 10.0. The Hall–Kier alpha value is -3.01. The van der Waals surface area contributed by atoms with Gasteiger partial charge >= 0.3 is 0 Å². The number of fused-ring (bicyclic) bond motifs is 1. The summed E-state index contributed by atoms with van der Waals surface area (Å²) in [5.74, 6) is 1.92. The van der Waals surface area contributed by atoms with E-state index < -0.39 is 6.10 Å². The maximum absolute atomic E-state index is 11.9. The SMILES string of the molecule is COc1ccc(N2CCN(CC(O)COc3ccc(OCCO)c4c3CCC(=O)N4)CC2)cc1. The van der Waals surface area contributed by atoms with Crippen LogP contribution >= 0.6 is 0 Å². The fraction of sp³-hybridized carbons (Fsp3) is 0.480. The second kappa shape index (κ2) is 11.4. The summed E-state index contributed by atoms with van der Waals surface area (Å²) < 4.78 is 16.7. The van der Waals surface area contributed by atoms with E-state index in [2.05, 4.69) is 27.2 Å². The Balaban J connectivity index is 1.28. The summed E-state index contributed by atoms with van der Waals surface area (Å²) >= 11 is 0. The van der Waals surface area contributed by atoms with Crippen LogP contribution in [0.3, 0.4) is 0 Å². The molecule has 3 N–H and O–H groups in total. The van der Waals surface area contributed by atoms with Gasteiger partial charge in [0.15, 0.2) is 0 Å². The molecular formula is C25H33N3O6. The number of β-amino-alcohol motifs (C(OH)–C–C–N with tert-alkyl or cyclic N) is 1. The molecule has 0 saturated carbocycles. The van der Waals surface area contributed by atoms with Gasteiger partial charge in [-0.2, -0.15) is 0 Å². The van der Waals surface area contributed by atoms with Crippen molar-refractivity contribution >= 4 is 17.3 Å². The average molecular weight is 472 g/mol. The summed E-state index contributed by atoms with van der Waals surface area (Å²) in [7, 11) is 1.66. The number of rotatable bonds is 10. The summed E-state index contributed by atoms with van der Waals surface area (Å²) in [4.78, 5) is 16.5. The first-order valence-electron chi connectivity index (χ1n) is 11.7. The fourth-order valence-corrected chi connectivity index (χ4v) is 4.36. The molecule has 34 heavy (non-hydrogen) atoms. The van der Waals surface area contributed by atoms with Crippen molar-refractivity contribution in [2.24, 2.45) is 0 Å². The third-order valence-electron chi connectivity index (χ3n) is 6.16. The number of carbonyl (C=O) groups is 1. The lowest BCUT2D eigenvalue weighted by Gasteiger charge is -2.37. The summed E-state index contributed by atoms with van der Waals surface area (Å²) in [6, 6.07) is 11.6. The van der Waals surface area contributed by atoms with E-state index in [0.29, 0.717) is 36.6 Å². The molecule has 0 spiro atoms. The van der Waals surface area contributed by atoms with E-state index in [0.717, 1.165) is 37.5 Å². The molecule has 1 atom stereocenters. The summed E-state index contributed by atoms with van der Waals surface area (Å²) in [6.45, 7) is 4.24. The van der Waals surface area contributed by atoms with E-state index in [9.17, 15) is 9.90 Å². The van der Waals surface area contributed by atoms with Gasteiger partial charge in [-0.25, -0.2) is 0 Å². The Morgan fingerprint density at radius 3 is 2.44 bits per heavy atom. The van der Waals surface area contributed by atoms with Crippen LogP contribution < -0.4 is 24.4 Å². The minimum absolute atomic E-state index is 0.0766. The molecule has 2 aliphatic heterocycles. The molecule has 2 heterocycles. The predicted octanol–water partition coefficient (Wildman–Crippen LogP) is 1.51. The van der Waals surface area contributed by atoms with Crippen LogP contribution in [0.25, 0.3) is 0 Å². The maximum Gasteiger partial charge on any atom is 0.224 e. The number of hydrogen-bond acceptors (Lipinski definition) is 8. The largest absolute Gasteiger partial charge is 0.497 e. The van der Waals surface area contributed by atoms with Gasteiger partial charge < -0.3 is 34.6 Å². The van der Waals surface area contributed by atoms with E-state index in [-0.39, 0.29) is 25.7 Å². The second-order valence-electron chi connectivity index (χ2n) is 8.49. The van der Waals surface area contributed by atoms with Crippen LogP contribution in [0.2, 0.25) is 0 Å². The molecule has 0 bridgehead atoms. The Morgan fingerprint density at radius 2 is 1.74 bits per heavy atom. The van der Waals surface area contributed by atoms with E-state index in [1.807, 2.05) is 12.1 Å². The molecule has 1 amide bonds. The number of carbonyl (C=O) groups excluding carboxylic acids is 1. The van der Waals surface area contributed by atoms with Gasteiger partial charge in [-0.05, 0) is 42.8 Å². The van der Waals surface area contributed by atoms with Crippen molar-refractivity contribution in [2.45, 2.75) is 18.9 Å². The molecule has 2 aromatic rings. The van der Waals surface area contributed by atoms with Gasteiger partial charge in [-0.3, -0.25) is 9.69 Å². The van der Waals surface area contributed by atoms with Crippen LogP contribution in [-0.2, 0) is 11.2 Å². The number of ether oxygens (including phenoxy) is 3. The lowest BCUT2D eigenvalue weighted by molar-refractivity contribution is -0.116. The Morgan fingerprint density at radius 1 is 1.00 bits per heavy atom. The number of hydrogen-bond donors (Lipinski definition) is 3. The molecule has 1 fully saturated rings. The number of benzene rings is 2. The van der Waals surface area contributed by atoms with Crippen LogP contribution in [0, 0.1) is 0 Å². The van der Waals surface area contributed by atoms with Crippen molar-refractivity contribution in [3.05, 3.63) is 42.0 Å². The first kappa shape index (κ1) is 24.1. The topological polar surface area (TPSA) is 104 Å². The first-order chi connectivity index (χ1) is 16.6. The Bertz CT molecular complexity index is 960. The lowest BCUT2D eigenvalue weighted by Crippen LogP contribution is -2.49. The zero-order valence-corrected chi connectivity index (χ0v) is 19.5. The van der Waals surface area contributed by atoms with Crippen molar-refractivity contribution in [3.8, 4) is 17.2 Å². The Kier molecular flexibility index (Phi) is 8.10. The van der Waals surface area contributed by atoms with E-state index in [4.69, 9.17) is 19.3 Å². The van der Waals surface area contributed by atoms with Gasteiger partial charge in [-0.15, -0.1) is 0 Å². The van der Waals surface area contributed by atoms with Crippen LogP contribution in [-0.4, -0.2) is 86.8 Å². The molecule has 9 heteroatoms. The van der Waals surface area contributed by atoms with Gasteiger partial charge in [-0.1, -0.05) is 0 Å². The van der Waals surface area contributed by atoms with E-state index in [1.54, 1.807) is 19.2 Å². The molecule has 0 radical (unpaired) electrons. The summed E-state index contributed by atoms with van der Waals surface area (Å²) in [6.07, 6.45) is 0.274. The second-order valence-corrected chi connectivity index (χ2v) is 8.49. The number of nitrogens with one attached hydrogen (secondary N) is 1. The Labute approximate surface area is 199 Å². The number of piperazine rings is 1. The molecule has 9 nitrogen and oxygen atoms in total. The van der Waals surface area contributed by atoms with Crippen LogP contribution in [0.1, 0.15) is 12.0 Å². The van der Waals surface area contributed by atoms with E-state index >= 15 is 0 Å². The van der Waals surface area contributed by atoms with Crippen LogP contribution in [0.15, 0.2) is 36.4 Å². The van der Waals surface area contributed by atoms with Gasteiger partial charge in [0.1, 0.15) is 36.6 Å². The normalized spacial score (nSPS) is 17.0. The minimum atomic E-state index is -0.633. The van der Waals surface area contributed by atoms with Gasteiger partial charge in [0.05, 0.1) is 19.4 Å². The first-order valence-corrected chi connectivity index (χ1v) is 11.7. The number of nitrogens with zero attached hydrogens (tertiary/aromatic N) is 2. The number of anilines is 2. The van der Waals surface area contributed by atoms with Gasteiger partial charge in [0.25, 0.3) is 0 Å². The predicted molar refractivity (Wildman–Crippen MR) is 129 cm³/mol. The highest BCUT2D eigenvalue weighted by atomic mass is 16.5. The number of amides is 1. The molecule has 0 aliphatic carbocycles. The highest BCUT2D eigenvalue weighted by molar-refractivity contribution is 5.96. The maximum atomic E-state index is 11.9. The number of aliphatic hydroxyl groups is 2. The smallest absolute Gasteiger partial charge is 0.224 e. The third-order valence-corrected chi connectivity index (χ3v) is 6.16. The standard InChI is InChI=1S/C25H33N3O6/c1-32-20-4-2-18(3-5-20)28-12-10-27(11-13-28)16-19(30)17-34-22-7-8-23(33-15-14-29)25-21(22)6-9-24(31)26-25/h2-5,7-8,19,29-30H,6,9-17H2,1H3,(H,26,31). The number of aliphatic hydroxyl groups excluding tert-OH is 2. The van der Waals surface area contributed by atoms with Crippen molar-refractivity contribution < 1.29 is 29.2 Å². The molecule has 2 aromatic carbocycles. The average Bonchev–Trinajstić information content (AvgIpc) is 2.87. The van der Waals surface area contributed by atoms with E-state index in [1.165, 1.54) is 5.69 Å². The summed E-state index contributed by atoms with van der Waals surface area (Å²) in [5, 5.41) is 22.5. The van der Waals surface area contributed by atoms with Crippen molar-refractivity contribution in [1.29, 1.82) is 0 Å².